The van der Waals surface area contributed by atoms with Crippen LogP contribution in [0.3, 0.4) is 0 Å². The van der Waals surface area contributed by atoms with Crippen molar-refractivity contribution in [2.45, 2.75) is 62.4 Å². The molecular formula is C35H36F3N7O5S. The van der Waals surface area contributed by atoms with E-state index < -0.39 is 29.1 Å². The number of benzene rings is 2. The fourth-order valence-corrected chi connectivity index (χ4v) is 7.91. The van der Waals surface area contributed by atoms with Crippen LogP contribution in [0.4, 0.5) is 18.0 Å². The van der Waals surface area contributed by atoms with Gasteiger partial charge in [-0.1, -0.05) is 0 Å². The van der Waals surface area contributed by atoms with Crippen LogP contribution in [0.25, 0.3) is 22.5 Å². The van der Waals surface area contributed by atoms with Gasteiger partial charge in [-0.2, -0.15) is 12.6 Å². The minimum Gasteiger partial charge on any atom is -0.457 e. The van der Waals surface area contributed by atoms with Crippen molar-refractivity contribution in [3.05, 3.63) is 71.3 Å². The number of H-pyrrole nitrogens is 2. The third-order valence-electron chi connectivity index (χ3n) is 9.85. The number of ether oxygens (including phenoxy) is 2. The van der Waals surface area contributed by atoms with Crippen molar-refractivity contribution in [2.24, 2.45) is 5.92 Å². The molecule has 1 aliphatic carbocycles. The van der Waals surface area contributed by atoms with Crippen molar-refractivity contribution < 1.29 is 37.0 Å². The van der Waals surface area contributed by atoms with E-state index in [1.165, 1.54) is 25.4 Å². The van der Waals surface area contributed by atoms with Crippen LogP contribution in [0.15, 0.2) is 42.7 Å². The lowest BCUT2D eigenvalue weighted by atomic mass is 9.86. The largest absolute Gasteiger partial charge is 0.457 e. The molecule has 1 saturated heterocycles. The summed E-state index contributed by atoms with van der Waals surface area (Å²) in [7, 11) is 1.25. The maximum Gasteiger partial charge on any atom is 0.407 e. The molecule has 268 valence electrons. The standard InChI is InChI=1S/C35H36F3N7O5S/c1-34(37,38)16-44(17-46)15-29-39-13-26(42-29)21-10-28-23(11-24(21)36)35(2,51)22-9-18(5-7-27(22)50-28)25-12-40-32(43-25)31-19-4-6-20(8-19)45(31)30(47)14-41-33(48)49-3/h5,7,9-13,17,19-20,31,51H,4,6,8,14-16H2,1-3H3,(H,39,42)(H,40,43)(H,41,48). The Bertz CT molecular complexity index is 2010. The zero-order valence-corrected chi connectivity index (χ0v) is 28.9. The van der Waals surface area contributed by atoms with Crippen LogP contribution in [0.5, 0.6) is 11.5 Å². The van der Waals surface area contributed by atoms with Crippen molar-refractivity contribution in [3.63, 3.8) is 0 Å². The summed E-state index contributed by atoms with van der Waals surface area (Å²) in [4.78, 5) is 54.0. The Morgan fingerprint density at radius 2 is 1.92 bits per heavy atom. The van der Waals surface area contributed by atoms with E-state index in [1.54, 1.807) is 6.20 Å². The second-order valence-corrected chi connectivity index (χ2v) is 14.4. The molecule has 3 N–H and O–H groups in total. The summed E-state index contributed by atoms with van der Waals surface area (Å²) in [6.07, 6.45) is 5.50. The van der Waals surface area contributed by atoms with Crippen molar-refractivity contribution in [1.82, 2.24) is 35.1 Å². The minimum absolute atomic E-state index is 0.0806. The summed E-state index contributed by atoms with van der Waals surface area (Å²) in [5.41, 5.74) is 3.15. The number of thiol groups is 1. The minimum atomic E-state index is -3.08. The number of methoxy groups -OCH3 is 1. The number of alkyl halides is 2. The molecule has 7 rings (SSSR count). The average Bonchev–Trinajstić information content (AvgIpc) is 3.91. The molecule has 0 radical (unpaired) electrons. The van der Waals surface area contributed by atoms with Crippen LogP contribution in [0.1, 0.15) is 61.9 Å². The Morgan fingerprint density at radius 3 is 2.67 bits per heavy atom. The van der Waals surface area contributed by atoms with Gasteiger partial charge in [-0.3, -0.25) is 9.59 Å². The number of amides is 3. The molecule has 4 unspecified atom stereocenters. The third-order valence-corrected chi connectivity index (χ3v) is 10.3. The van der Waals surface area contributed by atoms with Gasteiger partial charge in [0.15, 0.2) is 0 Å². The monoisotopic (exact) mass is 723 g/mol. The maximum absolute atomic E-state index is 15.7. The molecule has 4 aromatic rings. The van der Waals surface area contributed by atoms with E-state index in [4.69, 9.17) is 17.4 Å². The fourth-order valence-electron chi connectivity index (χ4n) is 7.56. The molecule has 51 heavy (non-hydrogen) atoms. The third kappa shape index (κ3) is 6.52. The summed E-state index contributed by atoms with van der Waals surface area (Å²) in [5, 5.41) is 2.48. The molecule has 3 amide bonds. The van der Waals surface area contributed by atoms with Gasteiger partial charge in [-0.05, 0) is 62.4 Å². The van der Waals surface area contributed by atoms with E-state index in [-0.39, 0.29) is 54.1 Å². The number of fused-ring (bicyclic) bond motifs is 4. The number of nitrogens with one attached hydrogen (secondary N) is 3. The van der Waals surface area contributed by atoms with Gasteiger partial charge in [0.25, 0.3) is 5.92 Å². The van der Waals surface area contributed by atoms with Gasteiger partial charge in [0.2, 0.25) is 12.3 Å². The molecule has 4 atom stereocenters. The Labute approximate surface area is 296 Å². The normalized spacial score (nSPS) is 21.9. The summed E-state index contributed by atoms with van der Waals surface area (Å²) in [6, 6.07) is 8.32. The number of carbonyl (C=O) groups excluding carboxylic acids is 3. The number of likely N-dealkylation sites (tertiary alicyclic amines) is 1. The van der Waals surface area contributed by atoms with Crippen molar-refractivity contribution in [2.75, 3.05) is 20.2 Å². The molecule has 0 spiro atoms. The van der Waals surface area contributed by atoms with Crippen LogP contribution >= 0.6 is 12.6 Å². The van der Waals surface area contributed by atoms with E-state index in [9.17, 15) is 23.2 Å². The van der Waals surface area contributed by atoms with Crippen LogP contribution in [-0.2, 0) is 25.6 Å². The number of piperidine rings is 1. The molecule has 3 aliphatic rings. The van der Waals surface area contributed by atoms with Crippen LogP contribution in [0, 0.1) is 11.7 Å². The zero-order chi connectivity index (χ0) is 36.2. The van der Waals surface area contributed by atoms with Gasteiger partial charge >= 0.3 is 6.09 Å². The van der Waals surface area contributed by atoms with Crippen molar-refractivity contribution in [1.29, 1.82) is 0 Å². The van der Waals surface area contributed by atoms with Gasteiger partial charge in [-0.15, -0.1) is 0 Å². The average molecular weight is 724 g/mol. The number of aromatic nitrogens is 4. The van der Waals surface area contributed by atoms with Crippen LogP contribution in [0.2, 0.25) is 0 Å². The quantitative estimate of drug-likeness (QED) is 0.117. The predicted octanol–water partition coefficient (Wildman–Crippen LogP) is 5.93. The summed E-state index contributed by atoms with van der Waals surface area (Å²) in [6.45, 7) is 1.42. The SMILES string of the molecule is COC(=O)NCC(=O)N1C2CCC(C2)C1c1ncc(-c2ccc3c(c2)C(C)(S)c2cc(F)c(-c4cnc(CN(C=O)CC(C)(F)F)[nH]4)cc2O3)[nH]1. The topological polar surface area (TPSA) is 146 Å². The number of imidazole rings is 2. The lowest BCUT2D eigenvalue weighted by Crippen LogP contribution is -2.45. The van der Waals surface area contributed by atoms with E-state index >= 15 is 4.39 Å². The number of rotatable bonds is 10. The summed E-state index contributed by atoms with van der Waals surface area (Å²) < 4.78 is 52.6. The Kier molecular flexibility index (Phi) is 8.76. The molecule has 2 fully saturated rings. The highest BCUT2D eigenvalue weighted by molar-refractivity contribution is 7.81. The molecule has 2 aromatic carbocycles. The molecule has 12 nitrogen and oxygen atoms in total. The molecule has 16 heteroatoms. The molecule has 2 aliphatic heterocycles. The summed E-state index contributed by atoms with van der Waals surface area (Å²) in [5.74, 6) is -1.82. The Morgan fingerprint density at radius 1 is 1.16 bits per heavy atom. The smallest absolute Gasteiger partial charge is 0.407 e. The van der Waals surface area contributed by atoms with E-state index in [0.717, 1.165) is 42.3 Å². The number of halogens is 3. The first-order chi connectivity index (χ1) is 24.2. The second-order valence-electron chi connectivity index (χ2n) is 13.5. The van der Waals surface area contributed by atoms with Crippen LogP contribution < -0.4 is 10.1 Å². The number of aromatic amines is 2. The molecule has 4 heterocycles. The lowest BCUT2D eigenvalue weighted by molar-refractivity contribution is -0.134. The maximum atomic E-state index is 15.7. The highest BCUT2D eigenvalue weighted by atomic mass is 32.1. The Hall–Kier alpha value is -4.99. The first-order valence-corrected chi connectivity index (χ1v) is 16.9. The van der Waals surface area contributed by atoms with Gasteiger partial charge < -0.3 is 34.6 Å². The van der Waals surface area contributed by atoms with Gasteiger partial charge in [-0.25, -0.2) is 27.9 Å². The van der Waals surface area contributed by atoms with Crippen molar-refractivity contribution in [3.8, 4) is 34.0 Å². The van der Waals surface area contributed by atoms with Gasteiger partial charge in [0.1, 0.15) is 35.5 Å². The summed E-state index contributed by atoms with van der Waals surface area (Å²) >= 11 is 5.00. The fraction of sp³-hybridized carbons (Fsp3) is 0.400. The number of alkyl carbamates (subject to hydrolysis) is 1. The molecule has 2 bridgehead atoms. The van der Waals surface area contributed by atoms with E-state index in [0.29, 0.717) is 34.9 Å². The highest BCUT2D eigenvalue weighted by Crippen LogP contribution is 2.53. The number of carbonyl (C=O) groups is 3. The molecular weight excluding hydrogens is 687 g/mol. The second kappa shape index (κ2) is 13.0. The first kappa shape index (κ1) is 34.5. The molecule has 1 saturated carbocycles. The first-order valence-electron chi connectivity index (χ1n) is 16.4. The number of nitrogens with zero attached hydrogens (tertiary/aromatic N) is 4. The number of hydrogen-bond donors (Lipinski definition) is 4. The zero-order valence-electron chi connectivity index (χ0n) is 28.0. The predicted molar refractivity (Wildman–Crippen MR) is 182 cm³/mol. The molecule has 2 aromatic heterocycles. The highest BCUT2D eigenvalue weighted by Gasteiger charge is 2.50. The number of hydrogen-bond acceptors (Lipinski definition) is 8. The Balaban J connectivity index is 1.12. The van der Waals surface area contributed by atoms with E-state index in [1.807, 2.05) is 30.0 Å². The van der Waals surface area contributed by atoms with Gasteiger partial charge in [0, 0.05) is 35.2 Å². The van der Waals surface area contributed by atoms with Gasteiger partial charge in [0.05, 0.1) is 54.8 Å². The van der Waals surface area contributed by atoms with Crippen LogP contribution in [-0.4, -0.2) is 80.3 Å². The van der Waals surface area contributed by atoms with E-state index in [2.05, 4.69) is 30.0 Å². The lowest BCUT2D eigenvalue weighted by Gasteiger charge is -2.34. The van der Waals surface area contributed by atoms with Crippen molar-refractivity contribution >= 4 is 31.0 Å².